The van der Waals surface area contributed by atoms with Crippen molar-refractivity contribution in [2.45, 2.75) is 6.04 Å². The maximum Gasteiger partial charge on any atom is 0.148 e. The SMILES string of the molecule is CNC(c1ccc(F)cc1)c1cc2cccc(Br)c2o1. The molecule has 2 aromatic carbocycles. The van der Waals surface area contributed by atoms with E-state index in [1.807, 2.05) is 31.3 Å². The molecule has 1 heterocycles. The zero-order valence-electron chi connectivity index (χ0n) is 10.9. The number of benzene rings is 2. The lowest BCUT2D eigenvalue weighted by Crippen LogP contribution is -2.16. The first-order valence-electron chi connectivity index (χ1n) is 6.29. The standard InChI is InChI=1S/C16H13BrFNO/c1-19-15(10-5-7-12(18)8-6-10)14-9-11-3-2-4-13(17)16(11)20-14/h2-9,15,19H,1H3. The van der Waals surface area contributed by atoms with Gasteiger partial charge in [0.1, 0.15) is 17.2 Å². The van der Waals surface area contributed by atoms with Gasteiger partial charge in [-0.15, -0.1) is 0 Å². The maximum atomic E-state index is 13.0. The number of fused-ring (bicyclic) bond motifs is 1. The molecule has 0 saturated carbocycles. The number of nitrogens with one attached hydrogen (secondary N) is 1. The highest BCUT2D eigenvalue weighted by Crippen LogP contribution is 2.32. The summed E-state index contributed by atoms with van der Waals surface area (Å²) < 4.78 is 19.9. The molecule has 3 rings (SSSR count). The topological polar surface area (TPSA) is 25.2 Å². The van der Waals surface area contributed by atoms with Crippen LogP contribution in [0.4, 0.5) is 4.39 Å². The van der Waals surface area contributed by atoms with Crippen LogP contribution in [0, 0.1) is 5.82 Å². The summed E-state index contributed by atoms with van der Waals surface area (Å²) >= 11 is 3.48. The minimum absolute atomic E-state index is 0.102. The van der Waals surface area contributed by atoms with Crippen LogP contribution < -0.4 is 5.32 Å². The van der Waals surface area contributed by atoms with Gasteiger partial charge in [-0.1, -0.05) is 24.3 Å². The Morgan fingerprint density at radius 3 is 2.55 bits per heavy atom. The van der Waals surface area contributed by atoms with Gasteiger partial charge in [-0.3, -0.25) is 0 Å². The van der Waals surface area contributed by atoms with E-state index in [0.717, 1.165) is 26.8 Å². The molecule has 1 atom stereocenters. The lowest BCUT2D eigenvalue weighted by atomic mass is 10.0. The Bertz CT molecular complexity index is 736. The van der Waals surface area contributed by atoms with Crippen molar-refractivity contribution < 1.29 is 8.81 Å². The zero-order chi connectivity index (χ0) is 14.1. The van der Waals surface area contributed by atoms with Gasteiger partial charge in [0.15, 0.2) is 0 Å². The van der Waals surface area contributed by atoms with Gasteiger partial charge >= 0.3 is 0 Å². The molecule has 0 aliphatic carbocycles. The molecular weight excluding hydrogens is 321 g/mol. The van der Waals surface area contributed by atoms with E-state index in [1.165, 1.54) is 12.1 Å². The molecule has 102 valence electrons. The van der Waals surface area contributed by atoms with E-state index in [9.17, 15) is 4.39 Å². The van der Waals surface area contributed by atoms with Gasteiger partial charge in [0.25, 0.3) is 0 Å². The van der Waals surface area contributed by atoms with E-state index in [0.29, 0.717) is 0 Å². The number of halogens is 2. The first-order valence-corrected chi connectivity index (χ1v) is 7.09. The number of rotatable bonds is 3. The highest BCUT2D eigenvalue weighted by Gasteiger charge is 2.17. The third-order valence-electron chi connectivity index (χ3n) is 3.29. The normalized spacial score (nSPS) is 12.8. The molecule has 0 radical (unpaired) electrons. The van der Waals surface area contributed by atoms with Gasteiger partial charge in [0.05, 0.1) is 10.5 Å². The van der Waals surface area contributed by atoms with E-state index in [1.54, 1.807) is 12.1 Å². The summed E-state index contributed by atoms with van der Waals surface area (Å²) in [7, 11) is 1.86. The van der Waals surface area contributed by atoms with Crippen LogP contribution in [0.1, 0.15) is 17.4 Å². The predicted molar refractivity (Wildman–Crippen MR) is 81.2 cm³/mol. The molecule has 1 N–H and O–H groups in total. The van der Waals surface area contributed by atoms with Crippen molar-refractivity contribution in [3.63, 3.8) is 0 Å². The van der Waals surface area contributed by atoms with Gasteiger partial charge in [-0.25, -0.2) is 4.39 Å². The fourth-order valence-corrected chi connectivity index (χ4v) is 2.78. The lowest BCUT2D eigenvalue weighted by Gasteiger charge is -2.13. The number of para-hydroxylation sites is 1. The Balaban J connectivity index is 2.07. The van der Waals surface area contributed by atoms with Crippen molar-refractivity contribution in [2.75, 3.05) is 7.05 Å². The second kappa shape index (κ2) is 5.38. The van der Waals surface area contributed by atoms with E-state index in [-0.39, 0.29) is 11.9 Å². The second-order valence-electron chi connectivity index (χ2n) is 4.58. The van der Waals surface area contributed by atoms with Crippen LogP contribution in [-0.4, -0.2) is 7.05 Å². The highest BCUT2D eigenvalue weighted by molar-refractivity contribution is 9.10. The Morgan fingerprint density at radius 1 is 1.15 bits per heavy atom. The van der Waals surface area contributed by atoms with E-state index >= 15 is 0 Å². The molecule has 0 bridgehead atoms. The van der Waals surface area contributed by atoms with Crippen LogP contribution in [0.2, 0.25) is 0 Å². The van der Waals surface area contributed by atoms with Crippen LogP contribution in [0.25, 0.3) is 11.0 Å². The van der Waals surface area contributed by atoms with Crippen LogP contribution in [0.5, 0.6) is 0 Å². The molecule has 3 aromatic rings. The molecule has 0 amide bonds. The number of hydrogen-bond donors (Lipinski definition) is 1. The Hall–Kier alpha value is -1.65. The largest absolute Gasteiger partial charge is 0.458 e. The fourth-order valence-electron chi connectivity index (χ4n) is 2.32. The highest BCUT2D eigenvalue weighted by atomic mass is 79.9. The van der Waals surface area contributed by atoms with Gasteiger partial charge in [0.2, 0.25) is 0 Å². The molecule has 1 aromatic heterocycles. The van der Waals surface area contributed by atoms with Crippen molar-refractivity contribution in [3.05, 3.63) is 70.1 Å². The van der Waals surface area contributed by atoms with Crippen LogP contribution in [-0.2, 0) is 0 Å². The quantitative estimate of drug-likeness (QED) is 0.755. The Labute approximate surface area is 124 Å². The summed E-state index contributed by atoms with van der Waals surface area (Å²) in [6.45, 7) is 0. The summed E-state index contributed by atoms with van der Waals surface area (Å²) in [5.74, 6) is 0.567. The van der Waals surface area contributed by atoms with Crippen LogP contribution >= 0.6 is 15.9 Å². The van der Waals surface area contributed by atoms with Gasteiger partial charge in [0, 0.05) is 5.39 Å². The third kappa shape index (κ3) is 2.37. The van der Waals surface area contributed by atoms with E-state index in [4.69, 9.17) is 4.42 Å². The molecule has 0 fully saturated rings. The average Bonchev–Trinajstić information content (AvgIpc) is 2.87. The van der Waals surface area contributed by atoms with E-state index in [2.05, 4.69) is 21.2 Å². The lowest BCUT2D eigenvalue weighted by molar-refractivity contribution is 0.490. The monoisotopic (exact) mass is 333 g/mol. The van der Waals surface area contributed by atoms with Gasteiger partial charge in [-0.05, 0) is 52.8 Å². The number of furan rings is 1. The first-order chi connectivity index (χ1) is 9.69. The van der Waals surface area contributed by atoms with Crippen molar-refractivity contribution in [1.82, 2.24) is 5.32 Å². The Kier molecular flexibility index (Phi) is 3.59. The molecule has 4 heteroatoms. The molecular formula is C16H13BrFNO. The minimum Gasteiger partial charge on any atom is -0.458 e. The second-order valence-corrected chi connectivity index (χ2v) is 5.43. The summed E-state index contributed by atoms with van der Waals surface area (Å²) in [5.41, 5.74) is 1.79. The molecule has 0 aliphatic rings. The smallest absolute Gasteiger partial charge is 0.148 e. The van der Waals surface area contributed by atoms with Gasteiger partial charge < -0.3 is 9.73 Å². The van der Waals surface area contributed by atoms with Crippen molar-refractivity contribution in [2.24, 2.45) is 0 Å². The van der Waals surface area contributed by atoms with Crippen molar-refractivity contribution in [1.29, 1.82) is 0 Å². The minimum atomic E-state index is -0.240. The summed E-state index contributed by atoms with van der Waals surface area (Å²) in [4.78, 5) is 0. The molecule has 0 saturated heterocycles. The molecule has 20 heavy (non-hydrogen) atoms. The molecule has 0 spiro atoms. The van der Waals surface area contributed by atoms with Crippen LogP contribution in [0.3, 0.4) is 0 Å². The van der Waals surface area contributed by atoms with Gasteiger partial charge in [-0.2, -0.15) is 0 Å². The summed E-state index contributed by atoms with van der Waals surface area (Å²) in [6, 6.07) is 14.3. The zero-order valence-corrected chi connectivity index (χ0v) is 12.4. The molecule has 0 aliphatic heterocycles. The number of hydrogen-bond acceptors (Lipinski definition) is 2. The average molecular weight is 334 g/mol. The third-order valence-corrected chi connectivity index (χ3v) is 3.92. The van der Waals surface area contributed by atoms with Crippen molar-refractivity contribution >= 4 is 26.9 Å². The Morgan fingerprint density at radius 2 is 1.90 bits per heavy atom. The van der Waals surface area contributed by atoms with Crippen LogP contribution in [0.15, 0.2) is 57.4 Å². The maximum absolute atomic E-state index is 13.0. The predicted octanol–water partition coefficient (Wildman–Crippen LogP) is 4.64. The fraction of sp³-hybridized carbons (Fsp3) is 0.125. The van der Waals surface area contributed by atoms with E-state index < -0.39 is 0 Å². The molecule has 2 nitrogen and oxygen atoms in total. The summed E-state index contributed by atoms with van der Waals surface area (Å²) in [6.07, 6.45) is 0. The molecule has 1 unspecified atom stereocenters. The van der Waals surface area contributed by atoms with Crippen molar-refractivity contribution in [3.8, 4) is 0 Å². The first kappa shape index (κ1) is 13.3. The summed E-state index contributed by atoms with van der Waals surface area (Å²) in [5, 5.41) is 4.24.